The van der Waals surface area contributed by atoms with E-state index in [1.807, 2.05) is 6.92 Å². The van der Waals surface area contributed by atoms with E-state index in [0.29, 0.717) is 18.7 Å². The van der Waals surface area contributed by atoms with Crippen molar-refractivity contribution in [1.82, 2.24) is 20.2 Å². The lowest BCUT2D eigenvalue weighted by Gasteiger charge is -2.40. The van der Waals surface area contributed by atoms with Crippen molar-refractivity contribution in [3.05, 3.63) is 11.8 Å². The number of aromatic amines is 1. The largest absolute Gasteiger partial charge is 0.377 e. The van der Waals surface area contributed by atoms with E-state index in [1.54, 1.807) is 7.11 Å². The van der Waals surface area contributed by atoms with Crippen molar-refractivity contribution in [2.24, 2.45) is 0 Å². The van der Waals surface area contributed by atoms with Crippen molar-refractivity contribution in [2.75, 3.05) is 20.2 Å². The summed E-state index contributed by atoms with van der Waals surface area (Å²) in [6.07, 6.45) is 4.39. The Kier molecular flexibility index (Phi) is 4.79. The summed E-state index contributed by atoms with van der Waals surface area (Å²) >= 11 is 0. The Hall–Kier alpha value is -0.960. The zero-order valence-corrected chi connectivity index (χ0v) is 12.7. The lowest BCUT2D eigenvalue weighted by atomic mass is 9.80. The second-order valence-electron chi connectivity index (χ2n) is 5.07. The summed E-state index contributed by atoms with van der Waals surface area (Å²) in [5.74, 6) is 0. The van der Waals surface area contributed by atoms with E-state index in [1.165, 1.54) is 6.20 Å². The van der Waals surface area contributed by atoms with Crippen LogP contribution in [0.15, 0.2) is 11.2 Å². The number of sulfonamides is 1. The monoisotopic (exact) mass is 302 g/mol. The molecule has 0 aromatic carbocycles. The summed E-state index contributed by atoms with van der Waals surface area (Å²) in [4.78, 5) is 0. The molecule has 0 unspecified atom stereocenters. The van der Waals surface area contributed by atoms with Gasteiger partial charge in [0.25, 0.3) is 10.0 Å². The molecule has 2 rings (SSSR count). The van der Waals surface area contributed by atoms with Gasteiger partial charge in [-0.3, -0.25) is 5.10 Å². The lowest BCUT2D eigenvalue weighted by Crippen LogP contribution is -2.49. The van der Waals surface area contributed by atoms with Gasteiger partial charge in [0, 0.05) is 25.8 Å². The van der Waals surface area contributed by atoms with Gasteiger partial charge in [-0.05, 0) is 25.8 Å². The van der Waals surface area contributed by atoms with E-state index >= 15 is 0 Å². The van der Waals surface area contributed by atoms with Crippen LogP contribution in [0.2, 0.25) is 0 Å². The Bertz CT molecular complexity index is 531. The Labute approximate surface area is 119 Å². The highest BCUT2D eigenvalue weighted by atomic mass is 32.2. The second-order valence-corrected chi connectivity index (χ2v) is 6.77. The molecular weight excluding hydrogens is 280 g/mol. The standard InChI is InChI=1S/C12H22N4O3S/c1-3-13-7-10-8-14-16-11(10)20(17,18)15-9-12(19-2)5-4-6-12/h8,13,15H,3-7,9H2,1-2H3,(H,14,16). The highest BCUT2D eigenvalue weighted by Gasteiger charge is 2.38. The summed E-state index contributed by atoms with van der Waals surface area (Å²) in [7, 11) is -1.96. The number of aromatic nitrogens is 2. The number of methoxy groups -OCH3 is 1. The van der Waals surface area contributed by atoms with Gasteiger partial charge in [0.1, 0.15) is 0 Å². The van der Waals surface area contributed by atoms with Crippen molar-refractivity contribution in [3.63, 3.8) is 0 Å². The first kappa shape index (κ1) is 15.4. The molecule has 1 saturated carbocycles. The molecule has 0 saturated heterocycles. The first-order chi connectivity index (χ1) is 9.53. The predicted molar refractivity (Wildman–Crippen MR) is 74.7 cm³/mol. The van der Waals surface area contributed by atoms with Crippen LogP contribution in [0.1, 0.15) is 31.7 Å². The van der Waals surface area contributed by atoms with Crippen molar-refractivity contribution in [1.29, 1.82) is 0 Å². The second kappa shape index (κ2) is 6.21. The van der Waals surface area contributed by atoms with Gasteiger partial charge in [0.2, 0.25) is 0 Å². The van der Waals surface area contributed by atoms with Crippen LogP contribution in [-0.2, 0) is 21.3 Å². The van der Waals surface area contributed by atoms with Crippen LogP contribution in [0, 0.1) is 0 Å². The molecule has 0 bridgehead atoms. The molecule has 8 heteroatoms. The predicted octanol–water partition coefficient (Wildman–Crippen LogP) is 0.367. The van der Waals surface area contributed by atoms with Crippen LogP contribution in [0.5, 0.6) is 0 Å². The van der Waals surface area contributed by atoms with E-state index in [0.717, 1.165) is 25.8 Å². The van der Waals surface area contributed by atoms with Crippen LogP contribution in [0.4, 0.5) is 0 Å². The van der Waals surface area contributed by atoms with E-state index in [2.05, 4.69) is 20.2 Å². The zero-order chi connectivity index (χ0) is 14.6. The molecule has 1 fully saturated rings. The summed E-state index contributed by atoms with van der Waals surface area (Å²) < 4.78 is 32.7. The van der Waals surface area contributed by atoms with E-state index in [4.69, 9.17) is 4.74 Å². The average Bonchev–Trinajstić information content (AvgIpc) is 2.84. The molecule has 20 heavy (non-hydrogen) atoms. The third kappa shape index (κ3) is 3.20. The summed E-state index contributed by atoms with van der Waals surface area (Å²) in [6, 6.07) is 0. The molecule has 1 aromatic rings. The average molecular weight is 302 g/mol. The molecule has 0 atom stereocenters. The first-order valence-electron chi connectivity index (χ1n) is 6.81. The van der Waals surface area contributed by atoms with Gasteiger partial charge in [-0.25, -0.2) is 13.1 Å². The maximum absolute atomic E-state index is 12.3. The van der Waals surface area contributed by atoms with Crippen LogP contribution in [0.25, 0.3) is 0 Å². The Morgan fingerprint density at radius 3 is 2.80 bits per heavy atom. The molecule has 1 heterocycles. The highest BCUT2D eigenvalue weighted by molar-refractivity contribution is 7.89. The van der Waals surface area contributed by atoms with Gasteiger partial charge < -0.3 is 10.1 Å². The highest BCUT2D eigenvalue weighted by Crippen LogP contribution is 2.34. The number of ether oxygens (including phenoxy) is 1. The Morgan fingerprint density at radius 1 is 1.50 bits per heavy atom. The minimum atomic E-state index is -3.59. The van der Waals surface area contributed by atoms with Gasteiger partial charge in [0.05, 0.1) is 11.8 Å². The quantitative estimate of drug-likeness (QED) is 0.644. The van der Waals surface area contributed by atoms with Gasteiger partial charge in [-0.1, -0.05) is 6.92 Å². The van der Waals surface area contributed by atoms with Crippen LogP contribution < -0.4 is 10.0 Å². The first-order valence-corrected chi connectivity index (χ1v) is 8.29. The zero-order valence-electron chi connectivity index (χ0n) is 11.9. The minimum Gasteiger partial charge on any atom is -0.377 e. The van der Waals surface area contributed by atoms with Crippen molar-refractivity contribution >= 4 is 10.0 Å². The molecule has 3 N–H and O–H groups in total. The Balaban J connectivity index is 2.04. The van der Waals surface area contributed by atoms with Crippen molar-refractivity contribution in [3.8, 4) is 0 Å². The van der Waals surface area contributed by atoms with E-state index in [9.17, 15) is 8.42 Å². The number of rotatable bonds is 8. The van der Waals surface area contributed by atoms with E-state index < -0.39 is 10.0 Å². The number of nitrogens with one attached hydrogen (secondary N) is 3. The SMILES string of the molecule is CCNCc1cn[nH]c1S(=O)(=O)NCC1(OC)CCC1. The molecule has 7 nitrogen and oxygen atoms in total. The fraction of sp³-hybridized carbons (Fsp3) is 0.750. The third-order valence-corrected chi connectivity index (χ3v) is 5.21. The summed E-state index contributed by atoms with van der Waals surface area (Å²) in [6.45, 7) is 3.50. The Morgan fingerprint density at radius 2 is 2.25 bits per heavy atom. The third-order valence-electron chi connectivity index (χ3n) is 3.79. The molecular formula is C12H22N4O3S. The van der Waals surface area contributed by atoms with Gasteiger partial charge in [-0.15, -0.1) is 0 Å². The number of hydrogen-bond donors (Lipinski definition) is 3. The van der Waals surface area contributed by atoms with Gasteiger partial charge >= 0.3 is 0 Å². The normalized spacial score (nSPS) is 17.9. The van der Waals surface area contributed by atoms with Gasteiger partial charge in [0.15, 0.2) is 5.03 Å². The maximum atomic E-state index is 12.3. The number of H-pyrrole nitrogens is 1. The smallest absolute Gasteiger partial charge is 0.257 e. The summed E-state index contributed by atoms with van der Waals surface area (Å²) in [5.41, 5.74) is 0.300. The molecule has 1 aromatic heterocycles. The van der Waals surface area contributed by atoms with E-state index in [-0.39, 0.29) is 10.6 Å². The van der Waals surface area contributed by atoms with Crippen molar-refractivity contribution in [2.45, 2.75) is 43.4 Å². The fourth-order valence-electron chi connectivity index (χ4n) is 2.24. The maximum Gasteiger partial charge on any atom is 0.257 e. The van der Waals surface area contributed by atoms with Crippen LogP contribution >= 0.6 is 0 Å². The summed E-state index contributed by atoms with van der Waals surface area (Å²) in [5, 5.41) is 9.61. The molecule has 1 aliphatic carbocycles. The molecule has 0 radical (unpaired) electrons. The lowest BCUT2D eigenvalue weighted by molar-refractivity contribution is -0.0659. The van der Waals surface area contributed by atoms with Crippen LogP contribution in [-0.4, -0.2) is 44.4 Å². The van der Waals surface area contributed by atoms with Crippen LogP contribution in [0.3, 0.4) is 0 Å². The number of nitrogens with zero attached hydrogens (tertiary/aromatic N) is 1. The minimum absolute atomic E-state index is 0.129. The van der Waals surface area contributed by atoms with Gasteiger partial charge in [-0.2, -0.15) is 5.10 Å². The van der Waals surface area contributed by atoms with Crippen molar-refractivity contribution < 1.29 is 13.2 Å². The molecule has 1 aliphatic rings. The molecule has 114 valence electrons. The fourth-order valence-corrected chi connectivity index (χ4v) is 3.48. The molecule has 0 amide bonds. The molecule has 0 aliphatic heterocycles. The topological polar surface area (TPSA) is 96.1 Å². The molecule has 0 spiro atoms. The number of hydrogen-bond acceptors (Lipinski definition) is 5.